The van der Waals surface area contributed by atoms with Crippen molar-refractivity contribution in [3.05, 3.63) is 35.9 Å². The van der Waals surface area contributed by atoms with E-state index in [4.69, 9.17) is 4.74 Å². The number of esters is 1. The highest BCUT2D eigenvalue weighted by molar-refractivity contribution is 7.99. The molecule has 1 aromatic carbocycles. The predicted molar refractivity (Wildman–Crippen MR) is 69.5 cm³/mol. The maximum absolute atomic E-state index is 11.1. The Bertz CT molecular complexity index is 413. The third-order valence-electron chi connectivity index (χ3n) is 2.19. The summed E-state index contributed by atoms with van der Waals surface area (Å²) in [6.45, 7) is 1.75. The smallest absolute Gasteiger partial charge is 0.333 e. The number of thioether (sulfide) groups is 1. The van der Waals surface area contributed by atoms with E-state index in [2.05, 4.69) is 4.74 Å². The van der Waals surface area contributed by atoms with Gasteiger partial charge in [0, 0.05) is 16.2 Å². The third-order valence-corrected chi connectivity index (χ3v) is 3.11. The van der Waals surface area contributed by atoms with E-state index < -0.39 is 0 Å². The monoisotopic (exact) mass is 252 g/mol. The molecule has 1 aromatic rings. The lowest BCUT2D eigenvalue weighted by molar-refractivity contribution is -0.136. The van der Waals surface area contributed by atoms with Crippen LogP contribution in [0.15, 0.2) is 40.8 Å². The standard InChI is InChI=1S/C13H16O3S/c1-10(13(14)16-3)7-8-17-12-6-4-5-11(9-12)15-2/h4-7,9H,8H2,1-3H3. The summed E-state index contributed by atoms with van der Waals surface area (Å²) in [5, 5.41) is 0. The van der Waals surface area contributed by atoms with Crippen LogP contribution in [0.1, 0.15) is 6.92 Å². The van der Waals surface area contributed by atoms with Crippen molar-refractivity contribution in [3.8, 4) is 5.75 Å². The van der Waals surface area contributed by atoms with Gasteiger partial charge in [-0.05, 0) is 25.1 Å². The van der Waals surface area contributed by atoms with E-state index >= 15 is 0 Å². The molecule has 0 saturated heterocycles. The van der Waals surface area contributed by atoms with Crippen molar-refractivity contribution in [3.63, 3.8) is 0 Å². The second kappa shape index (κ2) is 7.01. The Morgan fingerprint density at radius 1 is 1.41 bits per heavy atom. The maximum Gasteiger partial charge on any atom is 0.333 e. The zero-order valence-corrected chi connectivity index (χ0v) is 11.0. The summed E-state index contributed by atoms with van der Waals surface area (Å²) in [5.41, 5.74) is 0.628. The molecule has 1 rings (SSSR count). The number of methoxy groups -OCH3 is 2. The van der Waals surface area contributed by atoms with Gasteiger partial charge in [0.05, 0.1) is 14.2 Å². The van der Waals surface area contributed by atoms with Crippen LogP contribution in [0.5, 0.6) is 5.75 Å². The first-order valence-electron chi connectivity index (χ1n) is 5.19. The molecule has 4 heteroatoms. The molecule has 0 radical (unpaired) electrons. The molecule has 3 nitrogen and oxygen atoms in total. The summed E-state index contributed by atoms with van der Waals surface area (Å²) in [6.07, 6.45) is 1.86. The highest BCUT2D eigenvalue weighted by Crippen LogP contribution is 2.23. The number of hydrogen-bond acceptors (Lipinski definition) is 4. The van der Waals surface area contributed by atoms with Gasteiger partial charge in [-0.25, -0.2) is 4.79 Å². The number of benzene rings is 1. The van der Waals surface area contributed by atoms with Crippen LogP contribution in [0.3, 0.4) is 0 Å². The SMILES string of the molecule is COC(=O)C(C)=CCSc1cccc(OC)c1. The first-order chi connectivity index (χ1) is 8.17. The summed E-state index contributed by atoms with van der Waals surface area (Å²) >= 11 is 1.64. The molecule has 0 bridgehead atoms. The van der Waals surface area contributed by atoms with Gasteiger partial charge in [-0.1, -0.05) is 12.1 Å². The van der Waals surface area contributed by atoms with E-state index in [0.29, 0.717) is 5.57 Å². The van der Waals surface area contributed by atoms with Crippen LogP contribution in [0.2, 0.25) is 0 Å². The second-order valence-electron chi connectivity index (χ2n) is 3.37. The van der Waals surface area contributed by atoms with Gasteiger partial charge < -0.3 is 9.47 Å². The van der Waals surface area contributed by atoms with Crippen molar-refractivity contribution in [1.29, 1.82) is 0 Å². The number of hydrogen-bond donors (Lipinski definition) is 0. The maximum atomic E-state index is 11.1. The lowest BCUT2D eigenvalue weighted by Crippen LogP contribution is -2.01. The Balaban J connectivity index is 2.53. The number of carbonyl (C=O) groups excluding carboxylic acids is 1. The van der Waals surface area contributed by atoms with E-state index in [0.717, 1.165) is 16.4 Å². The fourth-order valence-electron chi connectivity index (χ4n) is 1.20. The Hall–Kier alpha value is -1.42. The van der Waals surface area contributed by atoms with E-state index in [9.17, 15) is 4.79 Å². The van der Waals surface area contributed by atoms with Crippen LogP contribution in [0, 0.1) is 0 Å². The summed E-state index contributed by atoms with van der Waals surface area (Å²) < 4.78 is 9.75. The van der Waals surface area contributed by atoms with Crippen molar-refractivity contribution in [2.24, 2.45) is 0 Å². The zero-order chi connectivity index (χ0) is 12.7. The minimum absolute atomic E-state index is 0.281. The van der Waals surface area contributed by atoms with Crippen molar-refractivity contribution < 1.29 is 14.3 Å². The second-order valence-corrected chi connectivity index (χ2v) is 4.46. The third kappa shape index (κ3) is 4.53. The topological polar surface area (TPSA) is 35.5 Å². The molecule has 0 aliphatic carbocycles. The van der Waals surface area contributed by atoms with Crippen molar-refractivity contribution >= 4 is 17.7 Å². The van der Waals surface area contributed by atoms with Crippen LogP contribution >= 0.6 is 11.8 Å². The van der Waals surface area contributed by atoms with Gasteiger partial charge in [0.15, 0.2) is 0 Å². The molecule has 92 valence electrons. The highest BCUT2D eigenvalue weighted by Gasteiger charge is 2.02. The zero-order valence-electron chi connectivity index (χ0n) is 10.2. The predicted octanol–water partition coefficient (Wildman–Crippen LogP) is 2.91. The summed E-state index contributed by atoms with van der Waals surface area (Å²) in [7, 11) is 3.03. The minimum Gasteiger partial charge on any atom is -0.497 e. The average Bonchev–Trinajstić information content (AvgIpc) is 2.37. The Morgan fingerprint density at radius 3 is 2.82 bits per heavy atom. The van der Waals surface area contributed by atoms with Gasteiger partial charge in [-0.3, -0.25) is 0 Å². The van der Waals surface area contributed by atoms with Gasteiger partial charge >= 0.3 is 5.97 Å². The van der Waals surface area contributed by atoms with Crippen molar-refractivity contribution in [2.45, 2.75) is 11.8 Å². The lowest BCUT2D eigenvalue weighted by Gasteiger charge is -2.03. The minimum atomic E-state index is -0.281. The normalized spacial score (nSPS) is 11.1. The Kier molecular flexibility index (Phi) is 5.63. The average molecular weight is 252 g/mol. The van der Waals surface area contributed by atoms with Crippen molar-refractivity contribution in [1.82, 2.24) is 0 Å². The van der Waals surface area contributed by atoms with E-state index in [1.165, 1.54) is 7.11 Å². The van der Waals surface area contributed by atoms with Gasteiger partial charge in [-0.2, -0.15) is 0 Å². The number of rotatable bonds is 5. The van der Waals surface area contributed by atoms with Crippen LogP contribution in [0.25, 0.3) is 0 Å². The Morgan fingerprint density at radius 2 is 2.18 bits per heavy atom. The van der Waals surface area contributed by atoms with E-state index in [-0.39, 0.29) is 5.97 Å². The van der Waals surface area contributed by atoms with Crippen LogP contribution in [0.4, 0.5) is 0 Å². The van der Waals surface area contributed by atoms with Crippen LogP contribution in [-0.4, -0.2) is 25.9 Å². The van der Waals surface area contributed by atoms with Crippen LogP contribution in [-0.2, 0) is 9.53 Å². The molecule has 0 spiro atoms. The molecule has 0 amide bonds. The van der Waals surface area contributed by atoms with Crippen LogP contribution < -0.4 is 4.74 Å². The van der Waals surface area contributed by atoms with E-state index in [1.54, 1.807) is 25.8 Å². The quantitative estimate of drug-likeness (QED) is 0.458. The first-order valence-corrected chi connectivity index (χ1v) is 6.18. The highest BCUT2D eigenvalue weighted by atomic mass is 32.2. The van der Waals surface area contributed by atoms with Gasteiger partial charge in [0.1, 0.15) is 5.75 Å². The largest absolute Gasteiger partial charge is 0.497 e. The molecule has 0 N–H and O–H groups in total. The lowest BCUT2D eigenvalue weighted by atomic mass is 10.3. The van der Waals surface area contributed by atoms with Gasteiger partial charge in [0.2, 0.25) is 0 Å². The molecule has 0 atom stereocenters. The molecule has 0 heterocycles. The molecule has 0 aromatic heterocycles. The molecule has 0 saturated carbocycles. The fourth-order valence-corrected chi connectivity index (χ4v) is 2.10. The fraction of sp³-hybridized carbons (Fsp3) is 0.308. The molecule has 0 aliphatic rings. The molecule has 0 unspecified atom stereocenters. The van der Waals surface area contributed by atoms with Gasteiger partial charge in [0.25, 0.3) is 0 Å². The summed E-state index contributed by atoms with van der Waals surface area (Å²) in [4.78, 5) is 12.2. The number of ether oxygens (including phenoxy) is 2. The summed E-state index contributed by atoms with van der Waals surface area (Å²) in [5.74, 6) is 1.29. The molecular formula is C13H16O3S. The first kappa shape index (κ1) is 13.6. The summed E-state index contributed by atoms with van der Waals surface area (Å²) in [6, 6.07) is 7.82. The molecule has 0 aliphatic heterocycles. The molecular weight excluding hydrogens is 236 g/mol. The molecule has 0 fully saturated rings. The van der Waals surface area contributed by atoms with Crippen molar-refractivity contribution in [2.75, 3.05) is 20.0 Å². The molecule has 17 heavy (non-hydrogen) atoms. The van der Waals surface area contributed by atoms with Gasteiger partial charge in [-0.15, -0.1) is 11.8 Å². The van der Waals surface area contributed by atoms with E-state index in [1.807, 2.05) is 30.3 Å². The number of carbonyl (C=O) groups is 1. The Labute approximate surface area is 106 Å².